The molecule has 1 aromatic heterocycles. The summed E-state index contributed by atoms with van der Waals surface area (Å²) in [4.78, 5) is 26.2. The second-order valence-electron chi connectivity index (χ2n) is 10.7. The van der Waals surface area contributed by atoms with E-state index in [2.05, 4.69) is 18.4 Å². The van der Waals surface area contributed by atoms with E-state index in [4.69, 9.17) is 4.74 Å². The number of nitrogens with zero attached hydrogens (tertiary/aromatic N) is 1. The van der Waals surface area contributed by atoms with Gasteiger partial charge in [0.25, 0.3) is 0 Å². The molecule has 5 rings (SSSR count). The predicted octanol–water partition coefficient (Wildman–Crippen LogP) is 6.97. The molecule has 0 radical (unpaired) electrons. The summed E-state index contributed by atoms with van der Waals surface area (Å²) in [6, 6.07) is 25.9. The lowest BCUT2D eigenvalue weighted by Crippen LogP contribution is -2.33. The SMILES string of the molecule is CC(C)c1c(C(=O)Cc2ccccc2)c(-c2ccccc2)c(-c2ccc(F)cc2)n1CC[C@@H]1C[C@@H](O)CC(=O)O1. The number of hydrogen-bond donors (Lipinski definition) is 1. The van der Waals surface area contributed by atoms with Crippen molar-refractivity contribution in [2.24, 2.45) is 0 Å². The van der Waals surface area contributed by atoms with Gasteiger partial charge in [0.05, 0.1) is 18.2 Å². The zero-order valence-electron chi connectivity index (χ0n) is 22.8. The normalized spacial score (nSPS) is 17.2. The van der Waals surface area contributed by atoms with Gasteiger partial charge in [-0.15, -0.1) is 0 Å². The standard InChI is InChI=1S/C34H34FNO4/c1-22(2)33-32(29(38)19-23-9-5-3-6-10-23)31(24-11-7-4-8-12-24)34(25-13-15-26(35)16-14-25)36(33)18-17-28-20-27(37)21-30(39)40-28/h3-16,22,27-28,37H,17-21H2,1-2H3/t27-,28-/m1/s1. The molecule has 206 valence electrons. The number of ether oxygens (including phenoxy) is 1. The Morgan fingerprint density at radius 2 is 1.62 bits per heavy atom. The van der Waals surface area contributed by atoms with E-state index in [0.717, 1.165) is 33.6 Å². The van der Waals surface area contributed by atoms with Gasteiger partial charge in [-0.3, -0.25) is 9.59 Å². The summed E-state index contributed by atoms with van der Waals surface area (Å²) in [7, 11) is 0. The smallest absolute Gasteiger partial charge is 0.308 e. The van der Waals surface area contributed by atoms with Crippen LogP contribution < -0.4 is 0 Å². The number of aliphatic hydroxyl groups excluding tert-OH is 1. The molecule has 1 N–H and O–H groups in total. The van der Waals surface area contributed by atoms with Gasteiger partial charge in [0, 0.05) is 42.6 Å². The molecule has 5 nitrogen and oxygen atoms in total. The van der Waals surface area contributed by atoms with Crippen molar-refractivity contribution in [3.8, 4) is 22.4 Å². The summed E-state index contributed by atoms with van der Waals surface area (Å²) in [5.41, 5.74) is 5.82. The van der Waals surface area contributed by atoms with Crippen LogP contribution >= 0.6 is 0 Å². The van der Waals surface area contributed by atoms with Crippen LogP contribution in [0.2, 0.25) is 0 Å². The second kappa shape index (κ2) is 12.0. The lowest BCUT2D eigenvalue weighted by atomic mass is 9.90. The fourth-order valence-corrected chi connectivity index (χ4v) is 5.73. The maximum atomic E-state index is 14.2. The number of rotatable bonds is 9. The number of Topliss-reactive ketones (excluding diaryl/α,β-unsaturated/α-hetero) is 1. The third-order valence-electron chi connectivity index (χ3n) is 7.43. The summed E-state index contributed by atoms with van der Waals surface area (Å²) in [6.07, 6.45) is -0.0373. The van der Waals surface area contributed by atoms with Crippen LogP contribution in [0.3, 0.4) is 0 Å². The largest absolute Gasteiger partial charge is 0.462 e. The molecule has 1 saturated heterocycles. The summed E-state index contributed by atoms with van der Waals surface area (Å²) < 4.78 is 21.7. The number of aliphatic hydroxyl groups is 1. The minimum Gasteiger partial charge on any atom is -0.462 e. The van der Waals surface area contributed by atoms with Crippen LogP contribution in [0.25, 0.3) is 22.4 Å². The molecular weight excluding hydrogens is 505 g/mol. The highest BCUT2D eigenvalue weighted by molar-refractivity contribution is 6.08. The van der Waals surface area contributed by atoms with Crippen molar-refractivity contribution >= 4 is 11.8 Å². The number of esters is 1. The topological polar surface area (TPSA) is 68.5 Å². The number of benzene rings is 3. The van der Waals surface area contributed by atoms with E-state index in [1.807, 2.05) is 60.7 Å². The second-order valence-corrected chi connectivity index (χ2v) is 10.7. The van der Waals surface area contributed by atoms with Gasteiger partial charge in [-0.2, -0.15) is 0 Å². The first kappa shape index (κ1) is 27.5. The molecule has 1 fully saturated rings. The van der Waals surface area contributed by atoms with Crippen molar-refractivity contribution in [2.75, 3.05) is 0 Å². The maximum absolute atomic E-state index is 14.2. The molecule has 0 spiro atoms. The van der Waals surface area contributed by atoms with Crippen LogP contribution in [0, 0.1) is 5.82 Å². The molecule has 6 heteroatoms. The molecule has 0 saturated carbocycles. The molecule has 2 heterocycles. The minimum absolute atomic E-state index is 0.00832. The first-order valence-corrected chi connectivity index (χ1v) is 13.8. The molecule has 0 unspecified atom stereocenters. The van der Waals surface area contributed by atoms with Gasteiger partial charge in [0.1, 0.15) is 11.9 Å². The molecule has 4 aromatic rings. The van der Waals surface area contributed by atoms with Crippen LogP contribution in [0.4, 0.5) is 4.39 Å². The fourth-order valence-electron chi connectivity index (χ4n) is 5.73. The highest BCUT2D eigenvalue weighted by Gasteiger charge is 2.32. The van der Waals surface area contributed by atoms with Crippen molar-refractivity contribution < 1.29 is 23.8 Å². The zero-order chi connectivity index (χ0) is 28.2. The highest BCUT2D eigenvalue weighted by Crippen LogP contribution is 2.43. The number of hydrogen-bond acceptors (Lipinski definition) is 4. The molecule has 0 aliphatic carbocycles. The highest BCUT2D eigenvalue weighted by atomic mass is 19.1. The van der Waals surface area contributed by atoms with Gasteiger partial charge >= 0.3 is 5.97 Å². The van der Waals surface area contributed by atoms with Gasteiger partial charge in [0.15, 0.2) is 5.78 Å². The van der Waals surface area contributed by atoms with Crippen LogP contribution in [-0.4, -0.2) is 33.6 Å². The van der Waals surface area contributed by atoms with Crippen molar-refractivity contribution in [1.29, 1.82) is 0 Å². The fraction of sp³-hybridized carbons (Fsp3) is 0.294. The van der Waals surface area contributed by atoms with Crippen molar-refractivity contribution in [3.63, 3.8) is 0 Å². The van der Waals surface area contributed by atoms with Crippen LogP contribution in [0.15, 0.2) is 84.9 Å². The van der Waals surface area contributed by atoms with E-state index in [1.165, 1.54) is 12.1 Å². The Labute approximate surface area is 234 Å². The number of cyclic esters (lactones) is 1. The maximum Gasteiger partial charge on any atom is 0.308 e. The van der Waals surface area contributed by atoms with E-state index in [0.29, 0.717) is 24.9 Å². The average Bonchev–Trinajstić information content (AvgIpc) is 3.28. The molecule has 40 heavy (non-hydrogen) atoms. The number of carbonyl (C=O) groups is 2. The third kappa shape index (κ3) is 5.92. The van der Waals surface area contributed by atoms with Gasteiger partial charge in [0.2, 0.25) is 0 Å². The van der Waals surface area contributed by atoms with E-state index < -0.39 is 18.2 Å². The van der Waals surface area contributed by atoms with E-state index >= 15 is 0 Å². The Balaban J connectivity index is 1.71. The van der Waals surface area contributed by atoms with Gasteiger partial charge < -0.3 is 14.4 Å². The Morgan fingerprint density at radius 1 is 0.975 bits per heavy atom. The first-order chi connectivity index (χ1) is 19.3. The van der Waals surface area contributed by atoms with Crippen LogP contribution in [-0.2, 0) is 22.5 Å². The number of ketones is 1. The summed E-state index contributed by atoms with van der Waals surface area (Å²) >= 11 is 0. The minimum atomic E-state index is -0.722. The zero-order valence-corrected chi connectivity index (χ0v) is 22.8. The molecular formula is C34H34FNO4. The lowest BCUT2D eigenvalue weighted by Gasteiger charge is -2.27. The molecule has 1 aliphatic heterocycles. The Kier molecular flexibility index (Phi) is 8.27. The molecule has 0 amide bonds. The quantitative estimate of drug-likeness (QED) is 0.184. The Bertz CT molecular complexity index is 1480. The monoisotopic (exact) mass is 539 g/mol. The van der Waals surface area contributed by atoms with Crippen molar-refractivity contribution in [2.45, 2.75) is 64.2 Å². The van der Waals surface area contributed by atoms with Crippen molar-refractivity contribution in [1.82, 2.24) is 4.57 Å². The van der Waals surface area contributed by atoms with Gasteiger partial charge in [-0.05, 0) is 46.9 Å². The van der Waals surface area contributed by atoms with E-state index in [1.54, 1.807) is 12.1 Å². The average molecular weight is 540 g/mol. The Hall–Kier alpha value is -4.03. The molecule has 1 aliphatic rings. The van der Waals surface area contributed by atoms with Crippen molar-refractivity contribution in [3.05, 3.63) is 108 Å². The first-order valence-electron chi connectivity index (χ1n) is 13.8. The molecule has 3 aromatic carbocycles. The predicted molar refractivity (Wildman–Crippen MR) is 154 cm³/mol. The lowest BCUT2D eigenvalue weighted by molar-refractivity contribution is -0.160. The third-order valence-corrected chi connectivity index (χ3v) is 7.43. The number of aromatic nitrogens is 1. The molecule has 2 atom stereocenters. The van der Waals surface area contributed by atoms with E-state index in [9.17, 15) is 19.1 Å². The number of carbonyl (C=O) groups excluding carboxylic acids is 2. The number of halogens is 1. The summed E-state index contributed by atoms with van der Waals surface area (Å²) in [6.45, 7) is 4.60. The van der Waals surface area contributed by atoms with Gasteiger partial charge in [-0.25, -0.2) is 4.39 Å². The van der Waals surface area contributed by atoms with Crippen LogP contribution in [0.5, 0.6) is 0 Å². The van der Waals surface area contributed by atoms with Gasteiger partial charge in [-0.1, -0.05) is 74.5 Å². The van der Waals surface area contributed by atoms with E-state index in [-0.39, 0.29) is 30.4 Å². The summed E-state index contributed by atoms with van der Waals surface area (Å²) in [5, 5.41) is 10.2. The molecule has 0 bridgehead atoms. The van der Waals surface area contributed by atoms with Crippen LogP contribution in [0.1, 0.15) is 60.6 Å². The Morgan fingerprint density at radius 3 is 2.25 bits per heavy atom. The summed E-state index contributed by atoms with van der Waals surface area (Å²) in [5.74, 6) is -0.736.